The van der Waals surface area contributed by atoms with Crippen LogP contribution in [0.5, 0.6) is 23.0 Å². The Bertz CT molecular complexity index is 2980. The van der Waals surface area contributed by atoms with E-state index in [1.807, 2.05) is 114 Å². The predicted octanol–water partition coefficient (Wildman–Crippen LogP) is 10.1. The van der Waals surface area contributed by atoms with Crippen LogP contribution in [-0.2, 0) is 25.1 Å². The van der Waals surface area contributed by atoms with Gasteiger partial charge in [0.2, 0.25) is 0 Å². The molecule has 2 aliphatic heterocycles. The summed E-state index contributed by atoms with van der Waals surface area (Å²) in [6, 6.07) is 46.4. The third-order valence-electron chi connectivity index (χ3n) is 11.9. The summed E-state index contributed by atoms with van der Waals surface area (Å²) in [5, 5.41) is 15.0. The van der Waals surface area contributed by atoms with Gasteiger partial charge >= 0.3 is 0 Å². The number of aromatic nitrogens is 8. The predicted molar refractivity (Wildman–Crippen MR) is 261 cm³/mol. The Morgan fingerprint density at radius 1 is 0.552 bits per heavy atom. The summed E-state index contributed by atoms with van der Waals surface area (Å²) < 4.78 is 15.9. The van der Waals surface area contributed by atoms with Gasteiger partial charge in [0.05, 0.1) is 22.9 Å². The number of likely N-dealkylation sites (tertiary alicyclic amines) is 1. The van der Waals surface area contributed by atoms with Crippen LogP contribution < -0.4 is 26.3 Å². The van der Waals surface area contributed by atoms with Crippen molar-refractivity contribution in [1.29, 1.82) is 0 Å². The molecule has 2 atom stereocenters. The standard InChI is InChI=1S/C29H28N6O.C22H22N6O.CH4.V/c30-28-26-27(22-13-15-25(16-14-22)36-24-11-5-2-6-12-24)33-35(29(26)32-20-31-28)23-10-7-17-34(19-23)18-21-8-3-1-4-9-21;23-21-19-20(15-8-10-18(11-9-15)29-17-6-2-1-3-7-17)27-28(22(19)26-14-25-21)16-5-4-12-24-13-16;;/h1-6,8-9,11-16,20,23H,7,10,17-19H2,(H2,30,31,32);1-3,6-11,14,16,24H,4-5,12-13H2,(H2,23,25,26);1H4;. The van der Waals surface area contributed by atoms with E-state index in [2.05, 4.69) is 65.2 Å². The molecule has 2 saturated heterocycles. The summed E-state index contributed by atoms with van der Waals surface area (Å²) >= 11 is 0. The van der Waals surface area contributed by atoms with Crippen molar-refractivity contribution in [2.75, 3.05) is 37.6 Å². The Hall–Kier alpha value is -7.10. The average Bonchev–Trinajstić information content (AvgIpc) is 3.95. The van der Waals surface area contributed by atoms with Crippen LogP contribution in [0.15, 0.2) is 152 Å². The van der Waals surface area contributed by atoms with Gasteiger partial charge in [-0.05, 0) is 117 Å². The summed E-state index contributed by atoms with van der Waals surface area (Å²) in [4.78, 5) is 20.1. The molecule has 0 spiro atoms. The molecule has 0 bridgehead atoms. The van der Waals surface area contributed by atoms with Gasteiger partial charge in [0.25, 0.3) is 0 Å². The number of ether oxygens (including phenoxy) is 2. The zero-order chi connectivity index (χ0) is 44.0. The topological polar surface area (TPSA) is 173 Å². The van der Waals surface area contributed by atoms with Crippen LogP contribution in [0.3, 0.4) is 0 Å². The number of hydrogen-bond acceptors (Lipinski definition) is 12. The van der Waals surface area contributed by atoms with E-state index in [4.69, 9.17) is 31.1 Å². The first-order valence-electron chi connectivity index (χ1n) is 22.1. The second-order valence-electron chi connectivity index (χ2n) is 16.4. The molecule has 5 aromatic carbocycles. The molecular weight excluding hydrogens is 876 g/mol. The number of piperidine rings is 2. The van der Waals surface area contributed by atoms with E-state index in [9.17, 15) is 0 Å². The molecule has 5 N–H and O–H groups in total. The van der Waals surface area contributed by atoms with E-state index < -0.39 is 0 Å². The molecule has 0 aliphatic carbocycles. The number of para-hydroxylation sites is 2. The molecule has 339 valence electrons. The number of nitrogen functional groups attached to an aromatic ring is 2. The molecule has 14 nitrogen and oxygen atoms in total. The van der Waals surface area contributed by atoms with Crippen LogP contribution in [0.2, 0.25) is 0 Å². The molecule has 2 fully saturated rings. The quantitative estimate of drug-likeness (QED) is 0.119. The minimum atomic E-state index is 0. The molecule has 11 rings (SSSR count). The van der Waals surface area contributed by atoms with Gasteiger partial charge in [-0.1, -0.05) is 74.2 Å². The fourth-order valence-corrected chi connectivity index (χ4v) is 8.77. The summed E-state index contributed by atoms with van der Waals surface area (Å²) in [5.74, 6) is 4.03. The van der Waals surface area contributed by atoms with Crippen molar-refractivity contribution in [3.8, 4) is 45.5 Å². The van der Waals surface area contributed by atoms with Gasteiger partial charge in [0.1, 0.15) is 58.7 Å². The van der Waals surface area contributed by atoms with E-state index in [0.717, 1.165) is 126 Å². The summed E-state index contributed by atoms with van der Waals surface area (Å²) in [5.41, 5.74) is 19.0. The first-order valence-corrected chi connectivity index (χ1v) is 22.1. The van der Waals surface area contributed by atoms with Crippen molar-refractivity contribution in [1.82, 2.24) is 49.7 Å². The summed E-state index contributed by atoms with van der Waals surface area (Å²) in [6.07, 6.45) is 7.38. The Labute approximate surface area is 402 Å². The number of nitrogens with zero attached hydrogens (tertiary/aromatic N) is 9. The second-order valence-corrected chi connectivity index (χ2v) is 16.4. The monoisotopic (exact) mass is 929 g/mol. The largest absolute Gasteiger partial charge is 0.457 e. The second kappa shape index (κ2) is 21.5. The van der Waals surface area contributed by atoms with E-state index in [-0.39, 0.29) is 38.1 Å². The average molecular weight is 930 g/mol. The maximum absolute atomic E-state index is 6.36. The molecule has 67 heavy (non-hydrogen) atoms. The third-order valence-corrected chi connectivity index (χ3v) is 11.9. The fourth-order valence-electron chi connectivity index (χ4n) is 8.77. The molecule has 15 heteroatoms. The molecule has 1 radical (unpaired) electrons. The van der Waals surface area contributed by atoms with Crippen molar-refractivity contribution in [3.05, 3.63) is 158 Å². The van der Waals surface area contributed by atoms with Crippen LogP contribution >= 0.6 is 0 Å². The van der Waals surface area contributed by atoms with Crippen LogP contribution in [0.25, 0.3) is 44.6 Å². The van der Waals surface area contributed by atoms with E-state index >= 15 is 0 Å². The summed E-state index contributed by atoms with van der Waals surface area (Å²) in [6.45, 7) is 4.85. The SMILES string of the molecule is C.Nc1ncnc2c1c(-c1ccc(Oc3ccccc3)cc1)nn2C1CCCN(Cc2ccccc2)C1.Nc1ncnc2c1c(-c1ccc(Oc3ccccc3)cc1)nn2C1CCCNC1.[V]. The number of hydrogen-bond donors (Lipinski definition) is 3. The number of rotatable bonds is 10. The number of anilines is 2. The maximum atomic E-state index is 6.36. The van der Waals surface area contributed by atoms with Gasteiger partial charge in [-0.3, -0.25) is 4.90 Å². The van der Waals surface area contributed by atoms with Gasteiger partial charge in [0, 0.05) is 49.3 Å². The molecule has 0 saturated carbocycles. The minimum Gasteiger partial charge on any atom is -0.457 e. The van der Waals surface area contributed by atoms with Gasteiger partial charge in [-0.15, -0.1) is 0 Å². The van der Waals surface area contributed by atoms with Crippen molar-refractivity contribution in [2.45, 2.75) is 51.7 Å². The zero-order valence-electron chi connectivity index (χ0n) is 36.4. The molecule has 4 aromatic heterocycles. The van der Waals surface area contributed by atoms with Gasteiger partial charge in [0.15, 0.2) is 11.3 Å². The maximum Gasteiger partial charge on any atom is 0.164 e. The van der Waals surface area contributed by atoms with Crippen molar-refractivity contribution in [2.24, 2.45) is 0 Å². The Kier molecular flexibility index (Phi) is 14.9. The minimum absolute atomic E-state index is 0. The number of benzene rings is 5. The first kappa shape index (κ1) is 46.4. The smallest absolute Gasteiger partial charge is 0.164 e. The van der Waals surface area contributed by atoms with Crippen LogP contribution in [0, 0.1) is 0 Å². The normalized spacial score (nSPS) is 16.0. The molecule has 2 aliphatic rings. The molecule has 6 heterocycles. The summed E-state index contributed by atoms with van der Waals surface area (Å²) in [7, 11) is 0. The van der Waals surface area contributed by atoms with Crippen LogP contribution in [0.1, 0.15) is 50.8 Å². The van der Waals surface area contributed by atoms with E-state index in [1.54, 1.807) is 0 Å². The molecule has 2 unspecified atom stereocenters. The van der Waals surface area contributed by atoms with E-state index in [1.165, 1.54) is 18.2 Å². The molecule has 0 amide bonds. The van der Waals surface area contributed by atoms with E-state index in [0.29, 0.717) is 11.6 Å². The first-order chi connectivity index (χ1) is 32.0. The van der Waals surface area contributed by atoms with Crippen LogP contribution in [-0.4, -0.2) is 70.6 Å². The molecular formula is C52H54N12O2V. The number of nitrogens with two attached hydrogens (primary N) is 2. The third kappa shape index (κ3) is 10.5. The van der Waals surface area contributed by atoms with Gasteiger partial charge in [-0.2, -0.15) is 10.2 Å². The van der Waals surface area contributed by atoms with Crippen molar-refractivity contribution >= 4 is 33.7 Å². The molecule has 9 aromatic rings. The van der Waals surface area contributed by atoms with Gasteiger partial charge < -0.3 is 26.3 Å². The zero-order valence-corrected chi connectivity index (χ0v) is 37.8. The number of fused-ring (bicyclic) bond motifs is 2. The Morgan fingerprint density at radius 3 is 1.51 bits per heavy atom. The Balaban J connectivity index is 0.000000180. The van der Waals surface area contributed by atoms with Crippen LogP contribution in [0.4, 0.5) is 11.6 Å². The number of nitrogens with one attached hydrogen (secondary N) is 1. The van der Waals surface area contributed by atoms with Crippen molar-refractivity contribution in [3.63, 3.8) is 0 Å². The van der Waals surface area contributed by atoms with Gasteiger partial charge in [-0.25, -0.2) is 29.3 Å². The van der Waals surface area contributed by atoms with Crippen molar-refractivity contribution < 1.29 is 28.0 Å². The fraction of sp³-hybridized carbons (Fsp3) is 0.231. The Morgan fingerprint density at radius 2 is 1.01 bits per heavy atom.